The normalized spacial score (nSPS) is 9.46. The van der Waals surface area contributed by atoms with Crippen LogP contribution >= 0.6 is 0 Å². The first-order valence-corrected chi connectivity index (χ1v) is 8.88. The molecule has 6 heteroatoms. The van der Waals surface area contributed by atoms with Crippen LogP contribution in [0.25, 0.3) is 0 Å². The maximum absolute atomic E-state index is 11.9. The molecule has 0 aliphatic carbocycles. The Morgan fingerprint density at radius 1 is 1.08 bits per heavy atom. The Hall–Kier alpha value is -2.36. The molecular weight excluding hydrogens is 332 g/mol. The minimum absolute atomic E-state index is 0. The first kappa shape index (κ1) is 23.6. The van der Waals surface area contributed by atoms with Gasteiger partial charge in [0.1, 0.15) is 0 Å². The van der Waals surface area contributed by atoms with Crippen molar-refractivity contribution >= 4 is 11.8 Å². The van der Waals surface area contributed by atoms with Crippen LogP contribution in [0.15, 0.2) is 24.3 Å². The molecule has 6 nitrogen and oxygen atoms in total. The third-order valence-electron chi connectivity index (χ3n) is 2.90. The molecule has 26 heavy (non-hydrogen) atoms. The molecule has 1 aromatic carbocycles. The zero-order valence-electron chi connectivity index (χ0n) is 16.1. The van der Waals surface area contributed by atoms with E-state index in [0.29, 0.717) is 30.8 Å². The molecule has 0 saturated heterocycles. The standard InChI is InChI=1S/C18H24N2O4.C2H6.2H2/c1-14(2)4-3-9-19-17(22)15-5-7-16(8-6-15)18(23)20-10-12-24-13-11-21;1-2;;/h5-8,14,21H,9-13H2,1-2H3,(H,19,22)(H,20,23);1-2H3;2*1H. The van der Waals surface area contributed by atoms with E-state index in [0.717, 1.165) is 0 Å². The van der Waals surface area contributed by atoms with E-state index in [9.17, 15) is 9.59 Å². The SMILES string of the molecule is CC.CC(C)C#CCNC(=O)c1ccc(C(=O)NCCOCCO)cc1.[HH].[HH]. The summed E-state index contributed by atoms with van der Waals surface area (Å²) < 4.78 is 5.05. The van der Waals surface area contributed by atoms with E-state index < -0.39 is 0 Å². The second kappa shape index (κ2) is 14.9. The van der Waals surface area contributed by atoms with Crippen LogP contribution < -0.4 is 10.6 Å². The van der Waals surface area contributed by atoms with Gasteiger partial charge in [0, 0.05) is 26.4 Å². The number of hydrogen-bond donors (Lipinski definition) is 3. The summed E-state index contributed by atoms with van der Waals surface area (Å²) in [4.78, 5) is 23.8. The van der Waals surface area contributed by atoms with E-state index in [2.05, 4.69) is 22.5 Å². The monoisotopic (exact) mass is 366 g/mol. The molecule has 1 aromatic rings. The van der Waals surface area contributed by atoms with Gasteiger partial charge in [-0.2, -0.15) is 0 Å². The maximum atomic E-state index is 11.9. The number of carbonyl (C=O) groups is 2. The van der Waals surface area contributed by atoms with Crippen LogP contribution in [0.1, 0.15) is 51.3 Å². The quantitative estimate of drug-likeness (QED) is 0.487. The third-order valence-corrected chi connectivity index (χ3v) is 2.90. The summed E-state index contributed by atoms with van der Waals surface area (Å²) in [6, 6.07) is 6.39. The van der Waals surface area contributed by atoms with Crippen LogP contribution in [0.5, 0.6) is 0 Å². The molecule has 0 spiro atoms. The number of amides is 2. The molecule has 0 heterocycles. The number of carbonyl (C=O) groups excluding carboxylic acids is 2. The van der Waals surface area contributed by atoms with Gasteiger partial charge in [-0.15, -0.1) is 0 Å². The fourth-order valence-electron chi connectivity index (χ4n) is 1.76. The van der Waals surface area contributed by atoms with Crippen molar-refractivity contribution in [3.8, 4) is 11.8 Å². The van der Waals surface area contributed by atoms with Crippen molar-refractivity contribution in [1.29, 1.82) is 0 Å². The predicted molar refractivity (Wildman–Crippen MR) is 107 cm³/mol. The molecule has 0 aliphatic heterocycles. The molecule has 3 N–H and O–H groups in total. The number of rotatable bonds is 8. The molecule has 0 radical (unpaired) electrons. The summed E-state index contributed by atoms with van der Waals surface area (Å²) in [5, 5.41) is 14.0. The van der Waals surface area contributed by atoms with Crippen molar-refractivity contribution in [2.45, 2.75) is 27.7 Å². The van der Waals surface area contributed by atoms with Crippen molar-refractivity contribution < 1.29 is 22.3 Å². The van der Waals surface area contributed by atoms with Gasteiger partial charge in [0.05, 0.1) is 26.4 Å². The first-order chi connectivity index (χ1) is 12.5. The summed E-state index contributed by atoms with van der Waals surface area (Å²) in [5.74, 6) is 5.65. The molecule has 0 fully saturated rings. The lowest BCUT2D eigenvalue weighted by molar-refractivity contribution is 0.0837. The number of aliphatic hydroxyl groups is 1. The lowest BCUT2D eigenvalue weighted by Gasteiger charge is -2.07. The Morgan fingerprint density at radius 3 is 2.12 bits per heavy atom. The fourth-order valence-corrected chi connectivity index (χ4v) is 1.76. The second-order valence-corrected chi connectivity index (χ2v) is 5.33. The highest BCUT2D eigenvalue weighted by molar-refractivity contribution is 5.97. The number of hydrogen-bond acceptors (Lipinski definition) is 4. The Kier molecular flexibility index (Phi) is 13.6. The number of benzene rings is 1. The van der Waals surface area contributed by atoms with E-state index in [1.807, 2.05) is 27.7 Å². The van der Waals surface area contributed by atoms with Crippen molar-refractivity contribution in [3.63, 3.8) is 0 Å². The third kappa shape index (κ3) is 10.5. The largest absolute Gasteiger partial charge is 0.394 e. The highest BCUT2D eigenvalue weighted by atomic mass is 16.5. The van der Waals surface area contributed by atoms with E-state index in [-0.39, 0.29) is 33.8 Å². The lowest BCUT2D eigenvalue weighted by Crippen LogP contribution is -2.28. The smallest absolute Gasteiger partial charge is 0.252 e. The van der Waals surface area contributed by atoms with E-state index in [1.165, 1.54) is 0 Å². The molecule has 0 aliphatic rings. The van der Waals surface area contributed by atoms with Gasteiger partial charge >= 0.3 is 0 Å². The predicted octanol–water partition coefficient (Wildman–Crippen LogP) is 2.33. The molecular formula is C20H34N2O4. The highest BCUT2D eigenvalue weighted by Crippen LogP contribution is 2.04. The summed E-state index contributed by atoms with van der Waals surface area (Å²) in [5.41, 5.74) is 0.942. The molecule has 2 amide bonds. The van der Waals surface area contributed by atoms with Crippen molar-refractivity contribution in [2.24, 2.45) is 5.92 Å². The topological polar surface area (TPSA) is 87.7 Å². The molecule has 0 saturated carbocycles. The fraction of sp³-hybridized carbons (Fsp3) is 0.500. The second-order valence-electron chi connectivity index (χ2n) is 5.33. The number of nitrogens with one attached hydrogen (secondary N) is 2. The molecule has 148 valence electrons. The number of ether oxygens (including phenoxy) is 1. The summed E-state index contributed by atoms with van der Waals surface area (Å²) in [6.07, 6.45) is 0. The van der Waals surface area contributed by atoms with Gasteiger partial charge in [0.2, 0.25) is 0 Å². The van der Waals surface area contributed by atoms with Gasteiger partial charge in [-0.1, -0.05) is 39.5 Å². The van der Waals surface area contributed by atoms with Crippen LogP contribution in [-0.4, -0.2) is 49.8 Å². The highest BCUT2D eigenvalue weighted by Gasteiger charge is 2.08. The Labute approximate surface area is 159 Å². The molecule has 0 aromatic heterocycles. The van der Waals surface area contributed by atoms with Crippen LogP contribution in [0.2, 0.25) is 0 Å². The Balaban J connectivity index is -0.00000151. The van der Waals surface area contributed by atoms with Crippen LogP contribution in [-0.2, 0) is 4.74 Å². The van der Waals surface area contributed by atoms with E-state index >= 15 is 0 Å². The molecule has 0 bridgehead atoms. The molecule has 0 unspecified atom stereocenters. The van der Waals surface area contributed by atoms with Gasteiger partial charge in [-0.25, -0.2) is 0 Å². The average Bonchev–Trinajstić information content (AvgIpc) is 2.66. The summed E-state index contributed by atoms with van der Waals surface area (Å²) >= 11 is 0. The minimum atomic E-state index is -0.239. The van der Waals surface area contributed by atoms with Gasteiger partial charge in [-0.3, -0.25) is 9.59 Å². The van der Waals surface area contributed by atoms with E-state index in [4.69, 9.17) is 9.84 Å². The Bertz CT molecular complexity index is 596. The average molecular weight is 367 g/mol. The Morgan fingerprint density at radius 2 is 1.62 bits per heavy atom. The lowest BCUT2D eigenvalue weighted by atomic mass is 10.1. The maximum Gasteiger partial charge on any atom is 0.252 e. The zero-order chi connectivity index (χ0) is 19.8. The van der Waals surface area contributed by atoms with Crippen LogP contribution in [0.4, 0.5) is 0 Å². The van der Waals surface area contributed by atoms with E-state index in [1.54, 1.807) is 24.3 Å². The molecule has 0 atom stereocenters. The van der Waals surface area contributed by atoms with Gasteiger partial charge in [0.15, 0.2) is 0 Å². The van der Waals surface area contributed by atoms with Crippen molar-refractivity contribution in [2.75, 3.05) is 32.9 Å². The van der Waals surface area contributed by atoms with Gasteiger partial charge in [-0.05, 0) is 24.3 Å². The zero-order valence-corrected chi connectivity index (χ0v) is 16.1. The summed E-state index contributed by atoms with van der Waals surface area (Å²) in [7, 11) is 0. The first-order valence-electron chi connectivity index (χ1n) is 8.88. The molecule has 1 rings (SSSR count). The van der Waals surface area contributed by atoms with Gasteiger partial charge in [0.25, 0.3) is 11.8 Å². The van der Waals surface area contributed by atoms with Gasteiger partial charge < -0.3 is 20.5 Å². The van der Waals surface area contributed by atoms with Crippen molar-refractivity contribution in [3.05, 3.63) is 35.4 Å². The minimum Gasteiger partial charge on any atom is -0.394 e. The van der Waals surface area contributed by atoms with Crippen LogP contribution in [0, 0.1) is 17.8 Å². The van der Waals surface area contributed by atoms with Crippen LogP contribution in [0.3, 0.4) is 0 Å². The number of aliphatic hydroxyl groups excluding tert-OH is 1. The summed E-state index contributed by atoms with van der Waals surface area (Å²) in [6.45, 7) is 9.17. The van der Waals surface area contributed by atoms with Crippen molar-refractivity contribution in [1.82, 2.24) is 10.6 Å².